The molecule has 1 aliphatic carbocycles. The number of aromatic nitrogens is 2. The molecule has 164 valence electrons. The van der Waals surface area contributed by atoms with Gasteiger partial charge in [-0.3, -0.25) is 9.52 Å². The fraction of sp³-hybridized carbons (Fsp3) is 0.300. The molecule has 0 aliphatic heterocycles. The average Bonchev–Trinajstić information content (AvgIpc) is 3.44. The van der Waals surface area contributed by atoms with E-state index in [4.69, 9.17) is 0 Å². The number of nitrogens with zero attached hydrogens (tertiary/aromatic N) is 1. The van der Waals surface area contributed by atoms with Gasteiger partial charge in [-0.2, -0.15) is 0 Å². The maximum atomic E-state index is 12.1. The molecule has 2 aromatic heterocycles. The third-order valence-corrected chi connectivity index (χ3v) is 7.41. The van der Waals surface area contributed by atoms with Gasteiger partial charge in [-0.1, -0.05) is 12.1 Å². The zero-order valence-electron chi connectivity index (χ0n) is 16.8. The number of benzene rings is 1. The summed E-state index contributed by atoms with van der Waals surface area (Å²) in [6, 6.07) is 10.4. The molecule has 4 rings (SSSR count). The lowest BCUT2D eigenvalue weighted by Gasteiger charge is -2.11. The number of fused-ring (bicyclic) bond motifs is 1. The molecule has 11 heteroatoms. The number of anilines is 2. The minimum absolute atomic E-state index is 0.0387. The molecular formula is C20H22N4O5S2. The van der Waals surface area contributed by atoms with Crippen molar-refractivity contribution in [3.8, 4) is 11.1 Å². The number of rotatable bonds is 8. The van der Waals surface area contributed by atoms with Crippen molar-refractivity contribution in [2.24, 2.45) is 5.92 Å². The van der Waals surface area contributed by atoms with Gasteiger partial charge in [0.05, 0.1) is 11.5 Å². The van der Waals surface area contributed by atoms with Crippen LogP contribution in [0.15, 0.2) is 42.6 Å². The topological polar surface area (TPSA) is 138 Å². The van der Waals surface area contributed by atoms with Gasteiger partial charge < -0.3 is 10.3 Å². The number of aromatic amines is 1. The van der Waals surface area contributed by atoms with Crippen LogP contribution in [0.5, 0.6) is 0 Å². The zero-order valence-corrected chi connectivity index (χ0v) is 18.4. The molecule has 1 amide bonds. The van der Waals surface area contributed by atoms with Gasteiger partial charge >= 0.3 is 0 Å². The number of carbonyl (C=O) groups excluding carboxylic acids is 1. The summed E-state index contributed by atoms with van der Waals surface area (Å²) in [7, 11) is -7.17. The van der Waals surface area contributed by atoms with Crippen LogP contribution in [-0.2, 0) is 24.7 Å². The highest BCUT2D eigenvalue weighted by molar-refractivity contribution is 7.95. The Morgan fingerprint density at radius 3 is 2.45 bits per heavy atom. The second-order valence-electron chi connectivity index (χ2n) is 7.69. The monoisotopic (exact) mass is 462 g/mol. The normalized spacial score (nSPS) is 14.5. The summed E-state index contributed by atoms with van der Waals surface area (Å²) in [6.45, 7) is 0. The van der Waals surface area contributed by atoms with Crippen molar-refractivity contribution in [2.75, 3.05) is 27.8 Å². The molecule has 1 aliphatic rings. The van der Waals surface area contributed by atoms with Crippen molar-refractivity contribution in [1.29, 1.82) is 0 Å². The summed E-state index contributed by atoms with van der Waals surface area (Å²) in [5, 5.41) is 3.72. The molecule has 0 spiro atoms. The van der Waals surface area contributed by atoms with Crippen LogP contribution in [0.2, 0.25) is 0 Å². The number of pyridine rings is 1. The second kappa shape index (κ2) is 7.97. The highest BCUT2D eigenvalue weighted by Gasteiger charge is 2.30. The fourth-order valence-electron chi connectivity index (χ4n) is 3.12. The highest BCUT2D eigenvalue weighted by Crippen LogP contribution is 2.33. The number of sulfone groups is 1. The van der Waals surface area contributed by atoms with Crippen molar-refractivity contribution in [3.05, 3.63) is 42.6 Å². The Morgan fingerprint density at radius 1 is 1.10 bits per heavy atom. The van der Waals surface area contributed by atoms with Crippen LogP contribution in [0.25, 0.3) is 22.2 Å². The number of hydrogen-bond donors (Lipinski definition) is 3. The van der Waals surface area contributed by atoms with E-state index >= 15 is 0 Å². The van der Waals surface area contributed by atoms with Gasteiger partial charge in [-0.15, -0.1) is 0 Å². The maximum absolute atomic E-state index is 12.1. The molecule has 0 atom stereocenters. The van der Waals surface area contributed by atoms with Gasteiger partial charge in [0.25, 0.3) is 0 Å². The predicted octanol–water partition coefficient (Wildman–Crippen LogP) is 2.36. The van der Waals surface area contributed by atoms with Crippen LogP contribution < -0.4 is 10.0 Å². The van der Waals surface area contributed by atoms with Crippen molar-refractivity contribution < 1.29 is 21.6 Å². The molecule has 31 heavy (non-hydrogen) atoms. The van der Waals surface area contributed by atoms with E-state index in [1.807, 2.05) is 6.07 Å². The fourth-order valence-corrected chi connectivity index (χ4v) is 5.81. The summed E-state index contributed by atoms with van der Waals surface area (Å²) in [5.41, 5.74) is 2.62. The Morgan fingerprint density at radius 2 is 1.81 bits per heavy atom. The first-order chi connectivity index (χ1) is 14.6. The number of H-pyrrole nitrogens is 1. The third-order valence-electron chi connectivity index (χ3n) is 4.92. The van der Waals surface area contributed by atoms with Crippen molar-refractivity contribution in [1.82, 2.24) is 9.97 Å². The number of hydrogen-bond acceptors (Lipinski definition) is 6. The van der Waals surface area contributed by atoms with E-state index in [1.54, 1.807) is 36.5 Å². The Kier molecular flexibility index (Phi) is 5.48. The number of nitrogens with one attached hydrogen (secondary N) is 3. The summed E-state index contributed by atoms with van der Waals surface area (Å²) < 4.78 is 49.1. The molecule has 3 N–H and O–H groups in total. The van der Waals surface area contributed by atoms with Crippen LogP contribution in [0.4, 0.5) is 11.5 Å². The number of carbonyl (C=O) groups is 1. The van der Waals surface area contributed by atoms with Gasteiger partial charge in [0.2, 0.25) is 15.9 Å². The molecule has 1 saturated carbocycles. The third kappa shape index (κ3) is 5.42. The average molecular weight is 463 g/mol. The number of amides is 1. The van der Waals surface area contributed by atoms with E-state index in [2.05, 4.69) is 20.0 Å². The molecule has 0 bridgehead atoms. The summed E-state index contributed by atoms with van der Waals surface area (Å²) in [4.78, 5) is 19.6. The molecule has 0 radical (unpaired) electrons. The van der Waals surface area contributed by atoms with Gasteiger partial charge in [0, 0.05) is 29.4 Å². The first kappa shape index (κ1) is 21.3. The number of sulfonamides is 1. The Labute approximate surface area is 180 Å². The summed E-state index contributed by atoms with van der Waals surface area (Å²) in [5.74, 6) is -0.486. The lowest BCUT2D eigenvalue weighted by Crippen LogP contribution is -2.22. The van der Waals surface area contributed by atoms with E-state index in [-0.39, 0.29) is 11.8 Å². The van der Waals surface area contributed by atoms with Crippen LogP contribution in [0.1, 0.15) is 12.8 Å². The van der Waals surface area contributed by atoms with E-state index in [0.29, 0.717) is 17.2 Å². The minimum atomic E-state index is -3.79. The lowest BCUT2D eigenvalue weighted by atomic mass is 10.0. The van der Waals surface area contributed by atoms with Crippen LogP contribution in [0.3, 0.4) is 0 Å². The summed E-state index contributed by atoms with van der Waals surface area (Å²) in [6.07, 6.45) is 4.54. The quantitative estimate of drug-likeness (QED) is 0.470. The smallest absolute Gasteiger partial charge is 0.233 e. The molecule has 0 saturated heterocycles. The first-order valence-corrected chi connectivity index (χ1v) is 13.4. The Bertz CT molecular complexity index is 1340. The van der Waals surface area contributed by atoms with Gasteiger partial charge in [-0.05, 0) is 48.2 Å². The molecule has 0 unspecified atom stereocenters. The Hall–Kier alpha value is -2.92. The van der Waals surface area contributed by atoms with Crippen molar-refractivity contribution >= 4 is 48.3 Å². The largest absolute Gasteiger partial charge is 0.346 e. The first-order valence-electron chi connectivity index (χ1n) is 9.67. The predicted molar refractivity (Wildman–Crippen MR) is 120 cm³/mol. The van der Waals surface area contributed by atoms with E-state index < -0.39 is 31.4 Å². The zero-order chi connectivity index (χ0) is 22.2. The molecule has 9 nitrogen and oxygen atoms in total. The SMILES string of the molecule is CS(=O)(=O)CCS(=O)(=O)Nc1ccc(-c2cc(NC(=O)C3CC3)nc3[nH]ccc23)cc1. The molecule has 3 aromatic rings. The molecular weight excluding hydrogens is 440 g/mol. The highest BCUT2D eigenvalue weighted by atomic mass is 32.2. The summed E-state index contributed by atoms with van der Waals surface area (Å²) >= 11 is 0. The maximum Gasteiger partial charge on any atom is 0.233 e. The standard InChI is InChI=1S/C20H22N4O5S2/c1-30(26,27)10-11-31(28,29)24-15-6-4-13(5-7-15)17-12-18(23-20(25)14-2-3-14)22-19-16(17)8-9-21-19/h4-9,12,14,24H,2-3,10-11H2,1H3,(H2,21,22,23,25). The second-order valence-corrected chi connectivity index (χ2v) is 11.8. The van der Waals surface area contributed by atoms with Crippen LogP contribution >= 0.6 is 0 Å². The van der Waals surface area contributed by atoms with Crippen LogP contribution in [-0.4, -0.2) is 50.5 Å². The van der Waals surface area contributed by atoms with Gasteiger partial charge in [-0.25, -0.2) is 21.8 Å². The lowest BCUT2D eigenvalue weighted by molar-refractivity contribution is -0.117. The van der Waals surface area contributed by atoms with Crippen LogP contribution in [0, 0.1) is 5.92 Å². The minimum Gasteiger partial charge on any atom is -0.346 e. The molecule has 1 fully saturated rings. The molecule has 1 aromatic carbocycles. The van der Waals surface area contributed by atoms with Crippen molar-refractivity contribution in [2.45, 2.75) is 12.8 Å². The van der Waals surface area contributed by atoms with Gasteiger partial charge in [0.15, 0.2) is 0 Å². The van der Waals surface area contributed by atoms with Gasteiger partial charge in [0.1, 0.15) is 21.3 Å². The van der Waals surface area contributed by atoms with Crippen molar-refractivity contribution in [3.63, 3.8) is 0 Å². The van der Waals surface area contributed by atoms with E-state index in [1.165, 1.54) is 0 Å². The Balaban J connectivity index is 1.57. The molecule has 2 heterocycles. The van der Waals surface area contributed by atoms with E-state index in [9.17, 15) is 21.6 Å². The van der Waals surface area contributed by atoms with E-state index in [0.717, 1.165) is 35.6 Å².